The maximum Gasteiger partial charge on any atom is 0.264 e. The van der Waals surface area contributed by atoms with E-state index in [-0.39, 0.29) is 16.8 Å². The summed E-state index contributed by atoms with van der Waals surface area (Å²) in [6.07, 6.45) is 0.869. The Morgan fingerprint density at radius 2 is 1.68 bits per heavy atom. The van der Waals surface area contributed by atoms with Crippen molar-refractivity contribution in [3.63, 3.8) is 0 Å². The minimum atomic E-state index is -3.89. The van der Waals surface area contributed by atoms with E-state index in [4.69, 9.17) is 4.74 Å². The van der Waals surface area contributed by atoms with Gasteiger partial charge in [-0.05, 0) is 74.7 Å². The number of nitrogens with zero attached hydrogens (tertiary/aromatic N) is 2. The third-order valence-electron chi connectivity index (χ3n) is 4.77. The number of aromatic nitrogens is 2. The van der Waals surface area contributed by atoms with Gasteiger partial charge in [0.15, 0.2) is 0 Å². The topological polar surface area (TPSA) is 110 Å². The second kappa shape index (κ2) is 11.0. The maximum absolute atomic E-state index is 12.9. The van der Waals surface area contributed by atoms with Crippen molar-refractivity contribution in [3.05, 3.63) is 70.0 Å². The Kier molecular flexibility index (Phi) is 8.27. The van der Waals surface area contributed by atoms with Crippen molar-refractivity contribution >= 4 is 43.5 Å². The largest absolute Gasteiger partial charge is 0.493 e. The molecule has 1 aromatic heterocycles. The van der Waals surface area contributed by atoms with Crippen LogP contribution in [-0.4, -0.2) is 30.9 Å². The zero-order chi connectivity index (χ0) is 24.9. The van der Waals surface area contributed by atoms with Gasteiger partial charge in [-0.25, -0.2) is 23.1 Å². The lowest BCUT2D eigenvalue weighted by molar-refractivity contribution is 0.102. The highest BCUT2D eigenvalue weighted by Crippen LogP contribution is 2.25. The molecule has 0 saturated heterocycles. The highest BCUT2D eigenvalue weighted by molar-refractivity contribution is 9.10. The van der Waals surface area contributed by atoms with E-state index in [2.05, 4.69) is 49.8 Å². The van der Waals surface area contributed by atoms with Crippen LogP contribution in [-0.2, 0) is 10.0 Å². The summed E-state index contributed by atoms with van der Waals surface area (Å²) in [4.78, 5) is 21.1. The van der Waals surface area contributed by atoms with Crippen LogP contribution in [0.4, 0.5) is 11.6 Å². The summed E-state index contributed by atoms with van der Waals surface area (Å²) in [6.45, 7) is 8.23. The minimum absolute atomic E-state index is 0.00882. The molecule has 2 N–H and O–H groups in total. The number of carbonyl (C=O) groups excluding carboxylic acids is 1. The third kappa shape index (κ3) is 7.01. The Bertz CT molecular complexity index is 1260. The fourth-order valence-corrected chi connectivity index (χ4v) is 4.38. The van der Waals surface area contributed by atoms with Crippen molar-refractivity contribution in [2.75, 3.05) is 16.6 Å². The molecule has 2 aromatic carbocycles. The molecule has 3 rings (SSSR count). The predicted octanol–water partition coefficient (Wildman–Crippen LogP) is 5.33. The molecule has 0 aliphatic heterocycles. The summed E-state index contributed by atoms with van der Waals surface area (Å²) in [5.74, 6) is 0.615. The molecule has 10 heteroatoms. The lowest BCUT2D eigenvalue weighted by atomic mass is 10.1. The first-order chi connectivity index (χ1) is 16.0. The van der Waals surface area contributed by atoms with Gasteiger partial charge in [0, 0.05) is 21.5 Å². The zero-order valence-electron chi connectivity index (χ0n) is 19.4. The number of ether oxygens (including phenoxy) is 1. The number of aryl methyl sites for hydroxylation is 2. The number of hydrogen-bond acceptors (Lipinski definition) is 6. The third-order valence-corrected chi connectivity index (χ3v) is 6.61. The van der Waals surface area contributed by atoms with Gasteiger partial charge in [0.2, 0.25) is 5.95 Å². The Balaban J connectivity index is 1.73. The number of benzene rings is 2. The van der Waals surface area contributed by atoms with Crippen molar-refractivity contribution in [2.45, 2.75) is 39.0 Å². The van der Waals surface area contributed by atoms with Crippen LogP contribution < -0.4 is 14.8 Å². The summed E-state index contributed by atoms with van der Waals surface area (Å²) < 4.78 is 34.4. The molecule has 180 valence electrons. The van der Waals surface area contributed by atoms with Crippen LogP contribution in [0.1, 0.15) is 42.0 Å². The van der Waals surface area contributed by atoms with E-state index < -0.39 is 10.0 Å². The van der Waals surface area contributed by atoms with Crippen molar-refractivity contribution in [2.24, 2.45) is 5.92 Å². The molecule has 3 aromatic rings. The summed E-state index contributed by atoms with van der Waals surface area (Å²) in [5, 5.41) is 2.79. The number of carbonyl (C=O) groups is 1. The average molecular weight is 547 g/mol. The Labute approximate surface area is 208 Å². The Hall–Kier alpha value is -2.98. The number of anilines is 2. The van der Waals surface area contributed by atoms with E-state index in [9.17, 15) is 13.2 Å². The molecule has 0 saturated carbocycles. The standard InChI is InChI=1S/C24H27BrN4O4S/c1-15(2)11-12-33-22-10-5-18(25)14-21(22)23(30)28-19-6-8-20(9-7-19)34(31,32)29-24-26-16(3)13-17(4)27-24/h5-10,13-15H,11-12H2,1-4H3,(H,28,30)(H,26,27,29). The number of rotatable bonds is 9. The molecule has 0 aliphatic carbocycles. The van der Waals surface area contributed by atoms with Crippen LogP contribution in [0.25, 0.3) is 0 Å². The summed E-state index contributed by atoms with van der Waals surface area (Å²) in [5.41, 5.74) is 2.13. The first kappa shape index (κ1) is 25.6. The molecule has 0 radical (unpaired) electrons. The highest BCUT2D eigenvalue weighted by Gasteiger charge is 2.18. The zero-order valence-corrected chi connectivity index (χ0v) is 21.8. The van der Waals surface area contributed by atoms with Crippen molar-refractivity contribution < 1.29 is 17.9 Å². The highest BCUT2D eigenvalue weighted by atomic mass is 79.9. The van der Waals surface area contributed by atoms with Crippen LogP contribution >= 0.6 is 15.9 Å². The molecular formula is C24H27BrN4O4S. The van der Waals surface area contributed by atoms with Gasteiger partial charge < -0.3 is 10.1 Å². The van der Waals surface area contributed by atoms with Gasteiger partial charge in [0.05, 0.1) is 17.1 Å². The van der Waals surface area contributed by atoms with Gasteiger partial charge in [-0.2, -0.15) is 0 Å². The Morgan fingerprint density at radius 3 is 2.29 bits per heavy atom. The van der Waals surface area contributed by atoms with Gasteiger partial charge in [0.1, 0.15) is 5.75 Å². The minimum Gasteiger partial charge on any atom is -0.493 e. The van der Waals surface area contributed by atoms with E-state index in [0.29, 0.717) is 40.9 Å². The summed E-state index contributed by atoms with van der Waals surface area (Å²) in [6, 6.07) is 12.8. The number of amides is 1. The normalized spacial score (nSPS) is 11.4. The molecule has 0 bridgehead atoms. The SMILES string of the molecule is Cc1cc(C)nc(NS(=O)(=O)c2ccc(NC(=O)c3cc(Br)ccc3OCCC(C)C)cc2)n1. The molecule has 8 nitrogen and oxygen atoms in total. The predicted molar refractivity (Wildman–Crippen MR) is 136 cm³/mol. The first-order valence-electron chi connectivity index (χ1n) is 10.7. The smallest absolute Gasteiger partial charge is 0.264 e. The van der Waals surface area contributed by atoms with Gasteiger partial charge >= 0.3 is 0 Å². The molecule has 0 fully saturated rings. The number of nitrogens with one attached hydrogen (secondary N) is 2. The fraction of sp³-hybridized carbons (Fsp3) is 0.292. The number of sulfonamides is 1. The molecule has 0 unspecified atom stereocenters. The lowest BCUT2D eigenvalue weighted by Crippen LogP contribution is -2.16. The van der Waals surface area contributed by atoms with Crippen LogP contribution in [0, 0.1) is 19.8 Å². The average Bonchev–Trinajstić information content (AvgIpc) is 2.73. The van der Waals surface area contributed by atoms with E-state index in [1.54, 1.807) is 32.0 Å². The van der Waals surface area contributed by atoms with Crippen LogP contribution in [0.2, 0.25) is 0 Å². The summed E-state index contributed by atoms with van der Waals surface area (Å²) >= 11 is 3.39. The van der Waals surface area contributed by atoms with E-state index in [0.717, 1.165) is 10.9 Å². The monoisotopic (exact) mass is 546 g/mol. The van der Waals surface area contributed by atoms with Crippen LogP contribution in [0.15, 0.2) is 57.9 Å². The second-order valence-corrected chi connectivity index (χ2v) is 10.8. The molecule has 0 spiro atoms. The van der Waals surface area contributed by atoms with Crippen LogP contribution in [0.5, 0.6) is 5.75 Å². The molecular weight excluding hydrogens is 520 g/mol. The van der Waals surface area contributed by atoms with E-state index in [1.165, 1.54) is 24.3 Å². The van der Waals surface area contributed by atoms with Crippen molar-refractivity contribution in [3.8, 4) is 5.75 Å². The molecule has 1 amide bonds. The molecule has 1 heterocycles. The fourth-order valence-electron chi connectivity index (χ4n) is 3.08. The maximum atomic E-state index is 12.9. The summed E-state index contributed by atoms with van der Waals surface area (Å²) in [7, 11) is -3.89. The lowest BCUT2D eigenvalue weighted by Gasteiger charge is -2.13. The molecule has 0 aliphatic rings. The second-order valence-electron chi connectivity index (χ2n) is 8.23. The first-order valence-corrected chi connectivity index (χ1v) is 13.0. The van der Waals surface area contributed by atoms with Gasteiger partial charge in [0.25, 0.3) is 15.9 Å². The van der Waals surface area contributed by atoms with Gasteiger partial charge in [-0.1, -0.05) is 29.8 Å². The quantitative estimate of drug-likeness (QED) is 0.375. The van der Waals surface area contributed by atoms with E-state index >= 15 is 0 Å². The van der Waals surface area contributed by atoms with Gasteiger partial charge in [-0.3, -0.25) is 4.79 Å². The Morgan fingerprint density at radius 1 is 1.03 bits per heavy atom. The van der Waals surface area contributed by atoms with Crippen molar-refractivity contribution in [1.82, 2.24) is 9.97 Å². The van der Waals surface area contributed by atoms with Crippen LogP contribution in [0.3, 0.4) is 0 Å². The van der Waals surface area contributed by atoms with Crippen molar-refractivity contribution in [1.29, 1.82) is 0 Å². The van der Waals surface area contributed by atoms with Gasteiger partial charge in [-0.15, -0.1) is 0 Å². The van der Waals surface area contributed by atoms with E-state index in [1.807, 2.05) is 6.07 Å². The molecule has 0 atom stereocenters. The number of hydrogen-bond donors (Lipinski definition) is 2. The molecule has 34 heavy (non-hydrogen) atoms. The number of halogens is 1.